The first-order chi connectivity index (χ1) is 12.7. The highest BCUT2D eigenvalue weighted by Crippen LogP contribution is 2.25. The van der Waals surface area contributed by atoms with Crippen LogP contribution in [-0.4, -0.2) is 38.5 Å². The van der Waals surface area contributed by atoms with Gasteiger partial charge in [-0.3, -0.25) is 9.78 Å². The molecule has 1 fully saturated rings. The zero-order valence-electron chi connectivity index (χ0n) is 14.7. The summed E-state index contributed by atoms with van der Waals surface area (Å²) in [6.45, 7) is 2.46. The highest BCUT2D eigenvalue weighted by atomic mass is 16.2. The molecule has 2 heterocycles. The number of carbonyl (C=O) groups is 1. The van der Waals surface area contributed by atoms with Crippen LogP contribution in [0.1, 0.15) is 35.4 Å². The van der Waals surface area contributed by atoms with Crippen molar-refractivity contribution in [1.29, 1.82) is 0 Å². The summed E-state index contributed by atoms with van der Waals surface area (Å²) in [7, 11) is 0. The van der Waals surface area contributed by atoms with Crippen LogP contribution in [0.4, 0.5) is 0 Å². The summed E-state index contributed by atoms with van der Waals surface area (Å²) in [5.41, 5.74) is 8.66. The topological polar surface area (TPSA) is 98.7 Å². The number of nitrogens with zero attached hydrogens (tertiary/aromatic N) is 4. The quantitative estimate of drug-likeness (QED) is 0.750. The summed E-state index contributed by atoms with van der Waals surface area (Å²) in [5, 5.41) is 12.4. The Bertz CT molecular complexity index is 950. The Kier molecular flexibility index (Phi) is 4.38. The minimum Gasteiger partial charge on any atom is -0.348 e. The number of hydrogen-bond acceptors (Lipinski definition) is 5. The number of amides is 1. The predicted molar refractivity (Wildman–Crippen MR) is 99.0 cm³/mol. The lowest BCUT2D eigenvalue weighted by Gasteiger charge is -2.18. The lowest BCUT2D eigenvalue weighted by molar-refractivity contribution is 0.0923. The molecule has 1 aliphatic carbocycles. The van der Waals surface area contributed by atoms with E-state index >= 15 is 0 Å². The average molecular weight is 350 g/mol. The third kappa shape index (κ3) is 2.94. The number of benzene rings is 1. The standard InChI is InChI=1S/C19H22N6O/c1-12-18(19(26)22-17-6-2-4-14(17)11-20)23-24-25(12)15-7-8-16-13(10-15)5-3-9-21-16/h3,5,7-10,14,17H,2,4,6,11,20H2,1H3,(H,22,26). The molecule has 0 radical (unpaired) electrons. The number of fused-ring (bicyclic) bond motifs is 1. The average Bonchev–Trinajstić information content (AvgIpc) is 3.27. The molecule has 2 atom stereocenters. The van der Waals surface area contributed by atoms with Crippen LogP contribution < -0.4 is 11.1 Å². The van der Waals surface area contributed by atoms with E-state index in [-0.39, 0.29) is 11.9 Å². The lowest BCUT2D eigenvalue weighted by Crippen LogP contribution is -2.40. The predicted octanol–water partition coefficient (Wildman–Crippen LogP) is 1.98. The van der Waals surface area contributed by atoms with E-state index in [1.165, 1.54) is 0 Å². The molecule has 1 aromatic carbocycles. The van der Waals surface area contributed by atoms with Gasteiger partial charge in [-0.2, -0.15) is 0 Å². The van der Waals surface area contributed by atoms with Crippen molar-refractivity contribution >= 4 is 16.8 Å². The van der Waals surface area contributed by atoms with Crippen molar-refractivity contribution in [2.24, 2.45) is 11.7 Å². The molecule has 1 amide bonds. The molecule has 3 N–H and O–H groups in total. The van der Waals surface area contributed by atoms with Crippen molar-refractivity contribution in [2.75, 3.05) is 6.54 Å². The number of aromatic nitrogens is 4. The fourth-order valence-electron chi connectivity index (χ4n) is 3.72. The Hall–Kier alpha value is -2.80. The Morgan fingerprint density at radius 3 is 3.08 bits per heavy atom. The van der Waals surface area contributed by atoms with Crippen molar-refractivity contribution in [3.8, 4) is 5.69 Å². The van der Waals surface area contributed by atoms with Gasteiger partial charge in [0.2, 0.25) is 0 Å². The van der Waals surface area contributed by atoms with E-state index in [1.54, 1.807) is 10.9 Å². The SMILES string of the molecule is Cc1c(C(=O)NC2CCCC2CN)nnn1-c1ccc2ncccc2c1. The van der Waals surface area contributed by atoms with Crippen molar-refractivity contribution in [2.45, 2.75) is 32.2 Å². The smallest absolute Gasteiger partial charge is 0.273 e. The van der Waals surface area contributed by atoms with Crippen molar-refractivity contribution in [3.63, 3.8) is 0 Å². The van der Waals surface area contributed by atoms with E-state index in [0.29, 0.717) is 23.9 Å². The van der Waals surface area contributed by atoms with Crippen LogP contribution in [0.3, 0.4) is 0 Å². The minimum atomic E-state index is -0.179. The minimum absolute atomic E-state index is 0.129. The van der Waals surface area contributed by atoms with Crippen LogP contribution in [0.2, 0.25) is 0 Å². The molecule has 7 nitrogen and oxygen atoms in total. The number of nitrogens with one attached hydrogen (secondary N) is 1. The summed E-state index contributed by atoms with van der Waals surface area (Å²) < 4.78 is 1.69. The fraction of sp³-hybridized carbons (Fsp3) is 0.368. The fourth-order valence-corrected chi connectivity index (χ4v) is 3.72. The number of nitrogens with two attached hydrogens (primary N) is 1. The van der Waals surface area contributed by atoms with Gasteiger partial charge >= 0.3 is 0 Å². The third-order valence-electron chi connectivity index (χ3n) is 5.22. The first-order valence-electron chi connectivity index (χ1n) is 8.96. The van der Waals surface area contributed by atoms with Gasteiger partial charge in [0.05, 0.1) is 16.9 Å². The van der Waals surface area contributed by atoms with Crippen LogP contribution in [0.5, 0.6) is 0 Å². The van der Waals surface area contributed by atoms with Gasteiger partial charge in [0.1, 0.15) is 0 Å². The van der Waals surface area contributed by atoms with Gasteiger partial charge < -0.3 is 11.1 Å². The number of hydrogen-bond donors (Lipinski definition) is 2. The van der Waals surface area contributed by atoms with Crippen molar-refractivity contribution in [1.82, 2.24) is 25.3 Å². The van der Waals surface area contributed by atoms with Crippen molar-refractivity contribution in [3.05, 3.63) is 47.9 Å². The monoisotopic (exact) mass is 350 g/mol. The molecule has 1 saturated carbocycles. The molecule has 0 aliphatic heterocycles. The Labute approximate surface area is 151 Å². The van der Waals surface area contributed by atoms with Crippen molar-refractivity contribution < 1.29 is 4.79 Å². The highest BCUT2D eigenvalue weighted by molar-refractivity contribution is 5.93. The number of pyridine rings is 1. The van der Waals surface area contributed by atoms with Gasteiger partial charge in [-0.1, -0.05) is 17.7 Å². The molecule has 0 spiro atoms. The van der Waals surface area contributed by atoms with E-state index in [1.807, 2.05) is 37.3 Å². The van der Waals surface area contributed by atoms with Gasteiger partial charge in [-0.15, -0.1) is 5.10 Å². The Morgan fingerprint density at radius 2 is 2.23 bits per heavy atom. The molecule has 0 saturated heterocycles. The zero-order chi connectivity index (χ0) is 18.1. The number of rotatable bonds is 4. The van der Waals surface area contributed by atoms with Gasteiger partial charge in [-0.25, -0.2) is 4.68 Å². The van der Waals surface area contributed by atoms with Gasteiger partial charge in [0.25, 0.3) is 5.91 Å². The second-order valence-corrected chi connectivity index (χ2v) is 6.82. The van der Waals surface area contributed by atoms with E-state index in [4.69, 9.17) is 5.73 Å². The largest absolute Gasteiger partial charge is 0.348 e. The third-order valence-corrected chi connectivity index (χ3v) is 5.22. The zero-order valence-corrected chi connectivity index (χ0v) is 14.7. The van der Waals surface area contributed by atoms with E-state index in [2.05, 4.69) is 20.6 Å². The molecule has 2 aromatic heterocycles. The molecule has 2 unspecified atom stereocenters. The van der Waals surface area contributed by atoms with E-state index < -0.39 is 0 Å². The molecule has 4 rings (SSSR count). The molecule has 1 aliphatic rings. The maximum Gasteiger partial charge on any atom is 0.273 e. The maximum absolute atomic E-state index is 12.7. The van der Waals surface area contributed by atoms with Gasteiger partial charge in [-0.05, 0) is 56.5 Å². The van der Waals surface area contributed by atoms with Crippen LogP contribution >= 0.6 is 0 Å². The molecule has 3 aromatic rings. The molecule has 134 valence electrons. The first kappa shape index (κ1) is 16.7. The van der Waals surface area contributed by atoms with Gasteiger partial charge in [0, 0.05) is 17.6 Å². The normalized spacial score (nSPS) is 19.8. The molecular weight excluding hydrogens is 328 g/mol. The van der Waals surface area contributed by atoms with Gasteiger partial charge in [0.15, 0.2) is 5.69 Å². The Balaban J connectivity index is 1.60. The van der Waals surface area contributed by atoms with Crippen LogP contribution in [0, 0.1) is 12.8 Å². The van der Waals surface area contributed by atoms with E-state index in [9.17, 15) is 4.79 Å². The molecule has 26 heavy (non-hydrogen) atoms. The molecule has 7 heteroatoms. The maximum atomic E-state index is 12.7. The van der Waals surface area contributed by atoms with Crippen LogP contribution in [-0.2, 0) is 0 Å². The second kappa shape index (κ2) is 6.84. The Morgan fingerprint density at radius 1 is 1.35 bits per heavy atom. The first-order valence-corrected chi connectivity index (χ1v) is 8.96. The second-order valence-electron chi connectivity index (χ2n) is 6.82. The van der Waals surface area contributed by atoms with E-state index in [0.717, 1.165) is 35.9 Å². The summed E-state index contributed by atoms with van der Waals surface area (Å²) >= 11 is 0. The van der Waals surface area contributed by atoms with Crippen LogP contribution in [0.25, 0.3) is 16.6 Å². The molecule has 0 bridgehead atoms. The summed E-state index contributed by atoms with van der Waals surface area (Å²) in [5.74, 6) is 0.170. The summed E-state index contributed by atoms with van der Waals surface area (Å²) in [4.78, 5) is 17.0. The summed E-state index contributed by atoms with van der Waals surface area (Å²) in [6, 6.07) is 9.89. The van der Waals surface area contributed by atoms with Crippen LogP contribution in [0.15, 0.2) is 36.5 Å². The number of carbonyl (C=O) groups excluding carboxylic acids is 1. The summed E-state index contributed by atoms with van der Waals surface area (Å²) in [6.07, 6.45) is 4.91. The molecular formula is C19H22N6O. The highest BCUT2D eigenvalue weighted by Gasteiger charge is 2.29. The lowest BCUT2D eigenvalue weighted by atomic mass is 10.0.